The van der Waals surface area contributed by atoms with Gasteiger partial charge in [-0.3, -0.25) is 4.79 Å². The molecule has 0 aliphatic heterocycles. The Bertz CT molecular complexity index is 307. The van der Waals surface area contributed by atoms with E-state index in [2.05, 4.69) is 19.6 Å². The minimum absolute atomic E-state index is 0.0454. The second kappa shape index (κ2) is 10.9. The zero-order valence-corrected chi connectivity index (χ0v) is 14.2. The van der Waals surface area contributed by atoms with Crippen LogP contribution in [0.25, 0.3) is 0 Å². The summed E-state index contributed by atoms with van der Waals surface area (Å²) in [6, 6.07) is 1.10. The van der Waals surface area contributed by atoms with Gasteiger partial charge in [-0.1, -0.05) is 25.7 Å². The van der Waals surface area contributed by atoms with Crippen molar-refractivity contribution in [2.75, 3.05) is 13.4 Å². The summed E-state index contributed by atoms with van der Waals surface area (Å²) in [6.45, 7) is 9.27. The number of hydrogen-bond acceptors (Lipinski definition) is 4. The highest BCUT2D eigenvalue weighted by Crippen LogP contribution is 2.08. The van der Waals surface area contributed by atoms with Crippen LogP contribution in [0.1, 0.15) is 26.2 Å². The lowest BCUT2D eigenvalue weighted by Gasteiger charge is -2.16. The first kappa shape index (κ1) is 19.2. The van der Waals surface area contributed by atoms with E-state index in [9.17, 15) is 9.59 Å². The van der Waals surface area contributed by atoms with Gasteiger partial charge < -0.3 is 14.3 Å². The van der Waals surface area contributed by atoms with Crippen LogP contribution >= 0.6 is 0 Å². The fourth-order valence-electron chi connectivity index (χ4n) is 1.45. The molecule has 0 unspecified atom stereocenters. The number of allylic oxidation sites excluding steroid dienone is 2. The van der Waals surface area contributed by atoms with Crippen LogP contribution in [0, 0.1) is 0 Å². The Kier molecular flexibility index (Phi) is 10.5. The summed E-state index contributed by atoms with van der Waals surface area (Å²) in [4.78, 5) is 21.5. The van der Waals surface area contributed by atoms with E-state index in [4.69, 9.17) is 9.47 Å². The number of aldehydes is 1. The largest absolute Gasteiger partial charge is 0.356 e. The standard InChI is InChI=1S/C15H28O4Si/c1-14(17)8-6-5-7-9-15(12-16)19-13-18-10-11-20(2,3)4/h6,8,12,15H,5,7,9-11,13H2,1-4H3/b8-6+/t15-/m1/s1. The third kappa shape index (κ3) is 13.6. The van der Waals surface area contributed by atoms with Crippen molar-refractivity contribution in [3.05, 3.63) is 12.2 Å². The minimum Gasteiger partial charge on any atom is -0.356 e. The molecule has 116 valence electrons. The Morgan fingerprint density at radius 1 is 1.30 bits per heavy atom. The molecule has 0 spiro atoms. The summed E-state index contributed by atoms with van der Waals surface area (Å²) in [5.41, 5.74) is 0. The molecule has 0 amide bonds. The summed E-state index contributed by atoms with van der Waals surface area (Å²) in [7, 11) is -1.07. The zero-order chi connectivity index (χ0) is 15.4. The number of carbonyl (C=O) groups is 2. The molecule has 0 rings (SSSR count). The van der Waals surface area contributed by atoms with E-state index in [-0.39, 0.29) is 12.6 Å². The predicted octanol–water partition coefficient (Wildman–Crippen LogP) is 3.20. The maximum absolute atomic E-state index is 10.9. The van der Waals surface area contributed by atoms with Gasteiger partial charge in [-0.25, -0.2) is 0 Å². The maximum Gasteiger partial charge on any atom is 0.152 e. The molecule has 0 radical (unpaired) electrons. The van der Waals surface area contributed by atoms with Gasteiger partial charge >= 0.3 is 0 Å². The molecule has 1 atom stereocenters. The summed E-state index contributed by atoms with van der Waals surface area (Å²) >= 11 is 0. The summed E-state index contributed by atoms with van der Waals surface area (Å²) in [5, 5.41) is 0. The van der Waals surface area contributed by atoms with E-state index in [1.165, 1.54) is 6.92 Å². The third-order valence-electron chi connectivity index (χ3n) is 2.73. The van der Waals surface area contributed by atoms with Crippen LogP contribution < -0.4 is 0 Å². The third-order valence-corrected chi connectivity index (χ3v) is 4.43. The van der Waals surface area contributed by atoms with Crippen molar-refractivity contribution in [1.29, 1.82) is 0 Å². The van der Waals surface area contributed by atoms with Crippen LogP contribution in [0.2, 0.25) is 25.7 Å². The van der Waals surface area contributed by atoms with E-state index >= 15 is 0 Å². The van der Waals surface area contributed by atoms with Gasteiger partial charge in [0.25, 0.3) is 0 Å². The molecular formula is C15H28O4Si. The summed E-state index contributed by atoms with van der Waals surface area (Å²) in [5.74, 6) is 0.0454. The Labute approximate surface area is 123 Å². The highest BCUT2D eigenvalue weighted by Gasteiger charge is 2.12. The predicted molar refractivity (Wildman–Crippen MR) is 83.6 cm³/mol. The van der Waals surface area contributed by atoms with Crippen LogP contribution in [0.4, 0.5) is 0 Å². The monoisotopic (exact) mass is 300 g/mol. The number of unbranched alkanes of at least 4 members (excludes halogenated alkanes) is 1. The molecular weight excluding hydrogens is 272 g/mol. The molecule has 0 saturated carbocycles. The highest BCUT2D eigenvalue weighted by atomic mass is 28.3. The van der Waals surface area contributed by atoms with E-state index in [0.29, 0.717) is 13.0 Å². The first-order chi connectivity index (χ1) is 9.35. The second-order valence-electron chi connectivity index (χ2n) is 6.12. The van der Waals surface area contributed by atoms with Gasteiger partial charge in [-0.2, -0.15) is 0 Å². The van der Waals surface area contributed by atoms with E-state index < -0.39 is 14.2 Å². The molecule has 0 heterocycles. The van der Waals surface area contributed by atoms with Gasteiger partial charge in [0.05, 0.1) is 0 Å². The normalized spacial score (nSPS) is 13.6. The van der Waals surface area contributed by atoms with E-state index in [1.807, 2.05) is 6.08 Å². The van der Waals surface area contributed by atoms with Gasteiger partial charge in [0.1, 0.15) is 19.2 Å². The molecule has 0 aromatic rings. The molecule has 4 nitrogen and oxygen atoms in total. The van der Waals surface area contributed by atoms with Gasteiger partial charge in [0.15, 0.2) is 5.78 Å². The first-order valence-electron chi connectivity index (χ1n) is 7.17. The van der Waals surface area contributed by atoms with Crippen molar-refractivity contribution < 1.29 is 19.1 Å². The number of rotatable bonds is 12. The van der Waals surface area contributed by atoms with Crippen molar-refractivity contribution in [2.24, 2.45) is 0 Å². The lowest BCUT2D eigenvalue weighted by molar-refractivity contribution is -0.130. The van der Waals surface area contributed by atoms with Crippen molar-refractivity contribution in [3.63, 3.8) is 0 Å². The van der Waals surface area contributed by atoms with Crippen molar-refractivity contribution in [1.82, 2.24) is 0 Å². The summed E-state index contributed by atoms with van der Waals surface area (Å²) in [6.07, 6.45) is 6.05. The Balaban J connectivity index is 3.62. The SMILES string of the molecule is CC(=O)/C=C/CCC[C@H](C=O)OCOCC[Si](C)(C)C. The molecule has 0 aromatic carbocycles. The topological polar surface area (TPSA) is 52.6 Å². The Hall–Kier alpha value is -0.783. The minimum atomic E-state index is -1.07. The molecule has 5 heteroatoms. The van der Waals surface area contributed by atoms with Gasteiger partial charge in [0, 0.05) is 14.7 Å². The average molecular weight is 300 g/mol. The fraction of sp³-hybridized carbons (Fsp3) is 0.733. The molecule has 0 fully saturated rings. The number of carbonyl (C=O) groups excluding carboxylic acids is 2. The molecule has 0 N–H and O–H groups in total. The van der Waals surface area contributed by atoms with Crippen molar-refractivity contribution in [3.8, 4) is 0 Å². The van der Waals surface area contributed by atoms with Crippen LogP contribution in [0.5, 0.6) is 0 Å². The quantitative estimate of drug-likeness (QED) is 0.183. The molecule has 0 aliphatic rings. The van der Waals surface area contributed by atoms with Gasteiger partial charge in [0.2, 0.25) is 0 Å². The molecule has 0 aromatic heterocycles. The van der Waals surface area contributed by atoms with Crippen molar-refractivity contribution >= 4 is 20.1 Å². The van der Waals surface area contributed by atoms with Crippen LogP contribution in [0.15, 0.2) is 12.2 Å². The van der Waals surface area contributed by atoms with Crippen LogP contribution in [-0.4, -0.2) is 39.6 Å². The van der Waals surface area contributed by atoms with Gasteiger partial charge in [-0.05, 0) is 38.3 Å². The smallest absolute Gasteiger partial charge is 0.152 e. The highest BCUT2D eigenvalue weighted by molar-refractivity contribution is 6.76. The zero-order valence-electron chi connectivity index (χ0n) is 13.2. The molecule has 0 saturated heterocycles. The van der Waals surface area contributed by atoms with Crippen LogP contribution in [0.3, 0.4) is 0 Å². The molecule has 0 bridgehead atoms. The Morgan fingerprint density at radius 3 is 2.55 bits per heavy atom. The van der Waals surface area contributed by atoms with E-state index in [0.717, 1.165) is 25.2 Å². The number of ketones is 1. The lowest BCUT2D eigenvalue weighted by atomic mass is 10.1. The average Bonchev–Trinajstić information content (AvgIpc) is 2.33. The second-order valence-corrected chi connectivity index (χ2v) is 11.7. The van der Waals surface area contributed by atoms with Gasteiger partial charge in [-0.15, -0.1) is 0 Å². The van der Waals surface area contributed by atoms with E-state index in [1.54, 1.807) is 6.08 Å². The molecule has 0 aliphatic carbocycles. The number of hydrogen-bond donors (Lipinski definition) is 0. The fourth-order valence-corrected chi connectivity index (χ4v) is 2.21. The summed E-state index contributed by atoms with van der Waals surface area (Å²) < 4.78 is 10.8. The Morgan fingerprint density at radius 2 is 2.00 bits per heavy atom. The number of ether oxygens (including phenoxy) is 2. The first-order valence-corrected chi connectivity index (χ1v) is 10.9. The van der Waals surface area contributed by atoms with Crippen LogP contribution in [-0.2, 0) is 19.1 Å². The molecule has 20 heavy (non-hydrogen) atoms. The lowest BCUT2D eigenvalue weighted by Crippen LogP contribution is -2.23. The maximum atomic E-state index is 10.9. The van der Waals surface area contributed by atoms with Crippen molar-refractivity contribution in [2.45, 2.75) is 58.0 Å².